The zero-order chi connectivity index (χ0) is 12.7. The third-order valence-electron chi connectivity index (χ3n) is 2.64. The smallest absolute Gasteiger partial charge is 0.127 e. The second kappa shape index (κ2) is 8.11. The van der Waals surface area contributed by atoms with Crippen molar-refractivity contribution < 1.29 is 4.39 Å². The number of hydrogen-bond donors (Lipinski definition) is 1. The number of halogens is 2. The molecule has 0 amide bonds. The van der Waals surface area contributed by atoms with E-state index < -0.39 is 0 Å². The quantitative estimate of drug-likeness (QED) is 0.819. The number of benzene rings is 1. The van der Waals surface area contributed by atoms with Crippen molar-refractivity contribution in [2.24, 2.45) is 0 Å². The van der Waals surface area contributed by atoms with Crippen LogP contribution in [0.25, 0.3) is 0 Å². The van der Waals surface area contributed by atoms with E-state index in [9.17, 15) is 4.39 Å². The Bertz CT molecular complexity index is 346. The van der Waals surface area contributed by atoms with Gasteiger partial charge < -0.3 is 5.32 Å². The second-order valence-electron chi connectivity index (χ2n) is 3.98. The predicted octanol–water partition coefficient (Wildman–Crippen LogP) is 3.86. The summed E-state index contributed by atoms with van der Waals surface area (Å²) in [5.41, 5.74) is 0.792. The Morgan fingerprint density at radius 3 is 2.82 bits per heavy atom. The summed E-state index contributed by atoms with van der Waals surface area (Å²) in [4.78, 5) is 0. The van der Waals surface area contributed by atoms with Crippen LogP contribution in [0.3, 0.4) is 0 Å². The number of hydrogen-bond acceptors (Lipinski definition) is 2. The van der Waals surface area contributed by atoms with Gasteiger partial charge in [-0.3, -0.25) is 0 Å². The summed E-state index contributed by atoms with van der Waals surface area (Å²) in [7, 11) is 0. The molecule has 1 aromatic rings. The Labute approximate surface area is 116 Å². The van der Waals surface area contributed by atoms with Crippen molar-refractivity contribution >= 4 is 27.7 Å². The third kappa shape index (κ3) is 5.40. The normalized spacial score (nSPS) is 12.7. The van der Waals surface area contributed by atoms with Crippen LogP contribution in [0.15, 0.2) is 22.7 Å². The van der Waals surface area contributed by atoms with Gasteiger partial charge in [0.05, 0.1) is 0 Å². The van der Waals surface area contributed by atoms with Crippen LogP contribution in [0.5, 0.6) is 0 Å². The second-order valence-corrected chi connectivity index (χ2v) is 5.88. The van der Waals surface area contributed by atoms with E-state index in [1.807, 2.05) is 23.9 Å². The fourth-order valence-corrected chi connectivity index (χ4v) is 2.63. The zero-order valence-corrected chi connectivity index (χ0v) is 12.7. The molecule has 0 saturated carbocycles. The first-order valence-corrected chi connectivity index (χ1v) is 8.02. The monoisotopic (exact) mass is 319 g/mol. The first-order chi connectivity index (χ1) is 8.17. The summed E-state index contributed by atoms with van der Waals surface area (Å²) in [5.74, 6) is 0.988. The molecular weight excluding hydrogens is 301 g/mol. The molecule has 0 aromatic heterocycles. The molecule has 0 radical (unpaired) electrons. The highest BCUT2D eigenvalue weighted by atomic mass is 79.9. The highest BCUT2D eigenvalue weighted by Gasteiger charge is 2.11. The van der Waals surface area contributed by atoms with Crippen LogP contribution >= 0.6 is 27.7 Å². The Morgan fingerprint density at radius 2 is 2.24 bits per heavy atom. The summed E-state index contributed by atoms with van der Waals surface area (Å²) < 4.78 is 14.5. The molecule has 4 heteroatoms. The van der Waals surface area contributed by atoms with Gasteiger partial charge in [-0.25, -0.2) is 4.39 Å². The summed E-state index contributed by atoms with van der Waals surface area (Å²) in [5, 5.41) is 3.42. The molecule has 0 heterocycles. The topological polar surface area (TPSA) is 12.0 Å². The summed E-state index contributed by atoms with van der Waals surface area (Å²) in [6, 6.07) is 5.66. The van der Waals surface area contributed by atoms with Crippen molar-refractivity contribution in [1.82, 2.24) is 5.32 Å². The van der Waals surface area contributed by atoms with E-state index in [1.54, 1.807) is 0 Å². The van der Waals surface area contributed by atoms with Crippen LogP contribution in [0.4, 0.5) is 4.39 Å². The van der Waals surface area contributed by atoms with Crippen molar-refractivity contribution in [2.45, 2.75) is 25.8 Å². The van der Waals surface area contributed by atoms with Gasteiger partial charge in [-0.2, -0.15) is 11.8 Å². The van der Waals surface area contributed by atoms with E-state index in [4.69, 9.17) is 0 Å². The van der Waals surface area contributed by atoms with Gasteiger partial charge in [0, 0.05) is 10.5 Å². The molecule has 0 saturated heterocycles. The largest absolute Gasteiger partial charge is 0.314 e. The summed E-state index contributed by atoms with van der Waals surface area (Å²) in [6.45, 7) is 3.02. The minimum Gasteiger partial charge on any atom is -0.314 e. The SMILES string of the molecule is CCNC(CCSC)Cc1ccc(Br)cc1F. The van der Waals surface area contributed by atoms with Gasteiger partial charge in [-0.1, -0.05) is 28.9 Å². The molecule has 0 fully saturated rings. The lowest BCUT2D eigenvalue weighted by Gasteiger charge is -2.17. The minimum atomic E-state index is -0.119. The first kappa shape index (κ1) is 15.0. The molecule has 1 aromatic carbocycles. The van der Waals surface area contributed by atoms with Gasteiger partial charge in [0.2, 0.25) is 0 Å². The molecule has 0 bridgehead atoms. The van der Waals surface area contributed by atoms with E-state index in [0.29, 0.717) is 6.04 Å². The van der Waals surface area contributed by atoms with E-state index in [-0.39, 0.29) is 5.82 Å². The molecular formula is C13H19BrFNS. The van der Waals surface area contributed by atoms with Crippen LogP contribution in [-0.2, 0) is 6.42 Å². The molecule has 0 aliphatic carbocycles. The van der Waals surface area contributed by atoms with Crippen LogP contribution in [0.1, 0.15) is 18.9 Å². The lowest BCUT2D eigenvalue weighted by Crippen LogP contribution is -2.31. The molecule has 0 aliphatic heterocycles. The lowest BCUT2D eigenvalue weighted by molar-refractivity contribution is 0.499. The molecule has 96 valence electrons. The zero-order valence-electron chi connectivity index (χ0n) is 10.3. The molecule has 1 nitrogen and oxygen atoms in total. The van der Waals surface area contributed by atoms with Crippen LogP contribution in [0.2, 0.25) is 0 Å². The fraction of sp³-hybridized carbons (Fsp3) is 0.538. The Balaban J connectivity index is 2.64. The third-order valence-corrected chi connectivity index (χ3v) is 3.78. The van der Waals surface area contributed by atoms with Crippen molar-refractivity contribution in [3.05, 3.63) is 34.1 Å². The molecule has 1 N–H and O–H groups in total. The molecule has 1 rings (SSSR count). The van der Waals surface area contributed by atoms with E-state index in [1.165, 1.54) is 6.07 Å². The fourth-order valence-electron chi connectivity index (χ4n) is 1.78. The van der Waals surface area contributed by atoms with Gasteiger partial charge in [0.1, 0.15) is 5.82 Å². The Morgan fingerprint density at radius 1 is 1.47 bits per heavy atom. The van der Waals surface area contributed by atoms with Crippen molar-refractivity contribution in [3.63, 3.8) is 0 Å². The van der Waals surface area contributed by atoms with Crippen molar-refractivity contribution in [1.29, 1.82) is 0 Å². The maximum Gasteiger partial charge on any atom is 0.127 e. The number of thioether (sulfide) groups is 1. The predicted molar refractivity (Wildman–Crippen MR) is 78.3 cm³/mol. The minimum absolute atomic E-state index is 0.119. The van der Waals surface area contributed by atoms with Crippen LogP contribution in [0, 0.1) is 5.82 Å². The molecule has 1 atom stereocenters. The average Bonchev–Trinajstić information content (AvgIpc) is 2.29. The van der Waals surface area contributed by atoms with Crippen LogP contribution in [-0.4, -0.2) is 24.6 Å². The average molecular weight is 320 g/mol. The summed E-state index contributed by atoms with van der Waals surface area (Å²) >= 11 is 5.11. The van der Waals surface area contributed by atoms with E-state index >= 15 is 0 Å². The maximum absolute atomic E-state index is 13.7. The van der Waals surface area contributed by atoms with Gasteiger partial charge in [-0.05, 0) is 49.1 Å². The van der Waals surface area contributed by atoms with Gasteiger partial charge in [0.25, 0.3) is 0 Å². The number of likely N-dealkylation sites (N-methyl/N-ethyl adjacent to an activating group) is 1. The molecule has 1 unspecified atom stereocenters. The molecule has 17 heavy (non-hydrogen) atoms. The summed E-state index contributed by atoms with van der Waals surface area (Å²) in [6.07, 6.45) is 3.93. The highest BCUT2D eigenvalue weighted by molar-refractivity contribution is 9.10. The standard InChI is InChI=1S/C13H19BrFNS/c1-3-16-12(6-7-17-2)8-10-4-5-11(14)9-13(10)15/h4-5,9,12,16H,3,6-8H2,1-2H3. The van der Waals surface area contributed by atoms with Crippen molar-refractivity contribution in [3.8, 4) is 0 Å². The maximum atomic E-state index is 13.7. The van der Waals surface area contributed by atoms with Crippen molar-refractivity contribution in [2.75, 3.05) is 18.6 Å². The number of rotatable bonds is 7. The number of nitrogens with one attached hydrogen (secondary N) is 1. The van der Waals surface area contributed by atoms with Gasteiger partial charge in [-0.15, -0.1) is 0 Å². The Kier molecular flexibility index (Phi) is 7.16. The van der Waals surface area contributed by atoms with E-state index in [2.05, 4.69) is 34.4 Å². The van der Waals surface area contributed by atoms with Gasteiger partial charge in [0.15, 0.2) is 0 Å². The van der Waals surface area contributed by atoms with Crippen LogP contribution < -0.4 is 5.32 Å². The highest BCUT2D eigenvalue weighted by Crippen LogP contribution is 2.17. The van der Waals surface area contributed by atoms with E-state index in [0.717, 1.165) is 35.2 Å². The lowest BCUT2D eigenvalue weighted by atomic mass is 10.0. The molecule has 0 spiro atoms. The van der Waals surface area contributed by atoms with Gasteiger partial charge >= 0.3 is 0 Å². The Hall–Kier alpha value is -0.0600. The molecule has 0 aliphatic rings. The first-order valence-electron chi connectivity index (χ1n) is 5.83.